The molecule has 0 saturated carbocycles. The van der Waals surface area contributed by atoms with Crippen LogP contribution in [0.3, 0.4) is 0 Å². The predicted molar refractivity (Wildman–Crippen MR) is 85.5 cm³/mol. The number of rotatable bonds is 4. The van der Waals surface area contributed by atoms with Gasteiger partial charge in [-0.3, -0.25) is 24.4 Å². The minimum atomic E-state index is -3.97. The Bertz CT molecular complexity index is 995. The number of ketones is 1. The molecule has 2 aromatic carbocycles. The summed E-state index contributed by atoms with van der Waals surface area (Å²) in [7, 11) is -3.97. The van der Waals surface area contributed by atoms with Gasteiger partial charge in [-0.15, -0.1) is 0 Å². The van der Waals surface area contributed by atoms with E-state index < -0.39 is 21.8 Å². The molecule has 0 fully saturated rings. The predicted octanol–water partition coefficient (Wildman–Crippen LogP) is 1.57. The number of hydrogen-bond acceptors (Lipinski definition) is 5. The van der Waals surface area contributed by atoms with Gasteiger partial charge in [-0.05, 0) is 37.3 Å². The lowest BCUT2D eigenvalue weighted by molar-refractivity contribution is 0.0878. The first-order valence-corrected chi connectivity index (χ1v) is 8.40. The Hall–Kier alpha value is -3.00. The van der Waals surface area contributed by atoms with Crippen LogP contribution in [0.5, 0.6) is 0 Å². The standard InChI is InChI=1S/C16H12N2O5S/c1-9(19)10-3-2-4-11(7-10)18-24(22,23)12-5-6-13-14(8-12)16(21)17-15(13)20/h2-8,18H,1H3,(H,17,20,21). The van der Waals surface area contributed by atoms with E-state index in [2.05, 4.69) is 10.0 Å². The Kier molecular flexibility index (Phi) is 3.69. The maximum absolute atomic E-state index is 12.5. The number of benzene rings is 2. The highest BCUT2D eigenvalue weighted by Gasteiger charge is 2.28. The second-order valence-corrected chi connectivity index (χ2v) is 6.92. The normalized spacial score (nSPS) is 13.4. The van der Waals surface area contributed by atoms with Gasteiger partial charge >= 0.3 is 0 Å². The largest absolute Gasteiger partial charge is 0.295 e. The molecule has 1 aliphatic rings. The molecule has 7 nitrogen and oxygen atoms in total. The SMILES string of the molecule is CC(=O)c1cccc(NS(=O)(=O)c2ccc3c(c2)C(=O)NC3=O)c1. The Morgan fingerprint density at radius 1 is 1.00 bits per heavy atom. The first-order valence-electron chi connectivity index (χ1n) is 6.91. The lowest BCUT2D eigenvalue weighted by Crippen LogP contribution is -2.19. The molecule has 0 aliphatic carbocycles. The number of amides is 2. The Labute approximate surface area is 137 Å². The number of Topliss-reactive ketones (excluding diaryl/α,β-unsaturated/α-hetero) is 1. The van der Waals surface area contributed by atoms with Gasteiger partial charge < -0.3 is 0 Å². The van der Waals surface area contributed by atoms with Crippen LogP contribution >= 0.6 is 0 Å². The zero-order valence-electron chi connectivity index (χ0n) is 12.5. The van der Waals surface area contributed by atoms with Crippen molar-refractivity contribution >= 4 is 33.3 Å². The lowest BCUT2D eigenvalue weighted by Gasteiger charge is -2.09. The first-order chi connectivity index (χ1) is 11.3. The van der Waals surface area contributed by atoms with Crippen molar-refractivity contribution in [3.05, 3.63) is 59.2 Å². The maximum Gasteiger partial charge on any atom is 0.261 e. The van der Waals surface area contributed by atoms with Crippen LogP contribution in [0.2, 0.25) is 0 Å². The van der Waals surface area contributed by atoms with Crippen LogP contribution in [0.25, 0.3) is 0 Å². The van der Waals surface area contributed by atoms with Crippen molar-refractivity contribution in [3.8, 4) is 0 Å². The average Bonchev–Trinajstić information content (AvgIpc) is 2.81. The molecule has 8 heteroatoms. The number of carbonyl (C=O) groups is 3. The molecule has 24 heavy (non-hydrogen) atoms. The van der Waals surface area contributed by atoms with Crippen LogP contribution in [-0.4, -0.2) is 26.0 Å². The van der Waals surface area contributed by atoms with Gasteiger partial charge in [0.25, 0.3) is 21.8 Å². The molecule has 2 aromatic rings. The number of carbonyl (C=O) groups excluding carboxylic acids is 3. The van der Waals surface area contributed by atoms with Gasteiger partial charge in [-0.25, -0.2) is 8.42 Å². The van der Waals surface area contributed by atoms with Crippen molar-refractivity contribution < 1.29 is 22.8 Å². The summed E-state index contributed by atoms with van der Waals surface area (Å²) < 4.78 is 27.3. The summed E-state index contributed by atoms with van der Waals surface area (Å²) in [5.41, 5.74) is 0.746. The molecular weight excluding hydrogens is 332 g/mol. The van der Waals surface area contributed by atoms with Gasteiger partial charge in [-0.2, -0.15) is 0 Å². The molecule has 1 aliphatic heterocycles. The van der Waals surface area contributed by atoms with E-state index in [1.54, 1.807) is 12.1 Å². The molecule has 3 rings (SSSR count). The van der Waals surface area contributed by atoms with Crippen LogP contribution in [0.1, 0.15) is 38.0 Å². The minimum Gasteiger partial charge on any atom is -0.295 e. The van der Waals surface area contributed by atoms with Crippen LogP contribution in [0.4, 0.5) is 5.69 Å². The van der Waals surface area contributed by atoms with Gasteiger partial charge in [0.1, 0.15) is 0 Å². The Morgan fingerprint density at radius 3 is 2.42 bits per heavy atom. The molecule has 2 N–H and O–H groups in total. The summed E-state index contributed by atoms with van der Waals surface area (Å²) in [6.07, 6.45) is 0. The van der Waals surface area contributed by atoms with Crippen LogP contribution < -0.4 is 10.0 Å². The summed E-state index contributed by atoms with van der Waals surface area (Å²) in [4.78, 5) is 34.4. The minimum absolute atomic E-state index is 0.0142. The van der Waals surface area contributed by atoms with E-state index >= 15 is 0 Å². The van der Waals surface area contributed by atoms with Crippen molar-refractivity contribution in [2.24, 2.45) is 0 Å². The highest BCUT2D eigenvalue weighted by molar-refractivity contribution is 7.92. The van der Waals surface area contributed by atoms with E-state index in [-0.39, 0.29) is 27.5 Å². The zero-order valence-corrected chi connectivity index (χ0v) is 13.3. The molecule has 2 amide bonds. The number of fused-ring (bicyclic) bond motifs is 1. The highest BCUT2D eigenvalue weighted by atomic mass is 32.2. The fourth-order valence-corrected chi connectivity index (χ4v) is 3.41. The number of imide groups is 1. The van der Waals surface area contributed by atoms with Gasteiger partial charge in [0.15, 0.2) is 5.78 Å². The summed E-state index contributed by atoms with van der Waals surface area (Å²) >= 11 is 0. The van der Waals surface area contributed by atoms with Gasteiger partial charge in [0, 0.05) is 11.3 Å². The first kappa shape index (κ1) is 15.9. The molecule has 122 valence electrons. The topological polar surface area (TPSA) is 109 Å². The highest BCUT2D eigenvalue weighted by Crippen LogP contribution is 2.22. The van der Waals surface area contributed by atoms with Crippen molar-refractivity contribution in [2.75, 3.05) is 4.72 Å². The van der Waals surface area contributed by atoms with Gasteiger partial charge in [-0.1, -0.05) is 12.1 Å². The second kappa shape index (κ2) is 5.57. The molecule has 0 radical (unpaired) electrons. The third-order valence-electron chi connectivity index (χ3n) is 3.54. The summed E-state index contributed by atoms with van der Waals surface area (Å²) in [5, 5.41) is 2.10. The molecule has 0 bridgehead atoms. The Morgan fingerprint density at radius 2 is 1.71 bits per heavy atom. The fraction of sp³-hybridized carbons (Fsp3) is 0.0625. The maximum atomic E-state index is 12.5. The third kappa shape index (κ3) is 2.79. The molecule has 0 saturated heterocycles. The van der Waals surface area contributed by atoms with Gasteiger partial charge in [0.05, 0.1) is 16.0 Å². The van der Waals surface area contributed by atoms with Crippen LogP contribution in [0, 0.1) is 0 Å². The quantitative estimate of drug-likeness (QED) is 0.646. The smallest absolute Gasteiger partial charge is 0.261 e. The molecular formula is C16H12N2O5S. The second-order valence-electron chi connectivity index (χ2n) is 5.23. The fourth-order valence-electron chi connectivity index (χ4n) is 2.33. The van der Waals surface area contributed by atoms with Crippen molar-refractivity contribution in [1.82, 2.24) is 5.32 Å². The Balaban J connectivity index is 1.96. The average molecular weight is 344 g/mol. The summed E-state index contributed by atoms with van der Waals surface area (Å²) in [6.45, 7) is 1.38. The molecule has 0 unspecified atom stereocenters. The summed E-state index contributed by atoms with van der Waals surface area (Å²) in [5.74, 6) is -1.38. The van der Waals surface area contributed by atoms with E-state index in [9.17, 15) is 22.8 Å². The number of anilines is 1. The van der Waals surface area contributed by atoms with Gasteiger partial charge in [0.2, 0.25) is 0 Å². The van der Waals surface area contributed by atoms with E-state index in [1.807, 2.05) is 0 Å². The van der Waals surface area contributed by atoms with E-state index in [0.717, 1.165) is 6.07 Å². The molecule has 0 spiro atoms. The lowest BCUT2D eigenvalue weighted by atomic mass is 10.1. The third-order valence-corrected chi connectivity index (χ3v) is 4.92. The van der Waals surface area contributed by atoms with E-state index in [1.165, 1.54) is 31.2 Å². The van der Waals surface area contributed by atoms with Crippen molar-refractivity contribution in [3.63, 3.8) is 0 Å². The monoisotopic (exact) mass is 344 g/mol. The summed E-state index contributed by atoms with van der Waals surface area (Å²) in [6, 6.07) is 9.74. The van der Waals surface area contributed by atoms with Crippen molar-refractivity contribution in [2.45, 2.75) is 11.8 Å². The van der Waals surface area contributed by atoms with Crippen molar-refractivity contribution in [1.29, 1.82) is 0 Å². The zero-order chi connectivity index (χ0) is 17.5. The molecule has 0 aromatic heterocycles. The van der Waals surface area contributed by atoms with E-state index in [0.29, 0.717) is 5.56 Å². The van der Waals surface area contributed by atoms with Crippen LogP contribution in [-0.2, 0) is 10.0 Å². The molecule has 0 atom stereocenters. The number of hydrogen-bond donors (Lipinski definition) is 2. The number of sulfonamides is 1. The molecule has 1 heterocycles. The number of nitrogens with one attached hydrogen (secondary N) is 2. The van der Waals surface area contributed by atoms with E-state index in [4.69, 9.17) is 0 Å². The van der Waals surface area contributed by atoms with Crippen LogP contribution in [0.15, 0.2) is 47.4 Å².